The molecule has 0 atom stereocenters. The van der Waals surface area contributed by atoms with Crippen LogP contribution in [0.2, 0.25) is 0 Å². The molecule has 3 rings (SSSR count). The van der Waals surface area contributed by atoms with Crippen molar-refractivity contribution in [2.45, 2.75) is 6.54 Å². The number of aromatic amines is 1. The Hall–Kier alpha value is -3.22. The molecule has 0 saturated carbocycles. The molecular weight excluding hydrogens is 286 g/mol. The van der Waals surface area contributed by atoms with E-state index in [1.807, 2.05) is 0 Å². The lowest BCUT2D eigenvalue weighted by Gasteiger charge is -2.06. The van der Waals surface area contributed by atoms with Crippen LogP contribution in [0.4, 0.5) is 5.69 Å². The van der Waals surface area contributed by atoms with Crippen LogP contribution in [0.5, 0.6) is 0 Å². The van der Waals surface area contributed by atoms with Crippen LogP contribution in [-0.2, 0) is 6.54 Å². The van der Waals surface area contributed by atoms with Crippen molar-refractivity contribution >= 4 is 16.6 Å². The number of nitrogens with one attached hydrogen (secondary N) is 1. The first-order chi connectivity index (χ1) is 10.6. The first-order valence-corrected chi connectivity index (χ1v) is 6.51. The summed E-state index contributed by atoms with van der Waals surface area (Å²) in [5, 5.41) is 11.0. The molecule has 0 radical (unpaired) electrons. The highest BCUT2D eigenvalue weighted by atomic mass is 16.6. The molecule has 0 unspecified atom stereocenters. The summed E-state index contributed by atoms with van der Waals surface area (Å²) in [6, 6.07) is 12.5. The number of nitrogens with zero attached hydrogens (tertiary/aromatic N) is 2. The van der Waals surface area contributed by atoms with Crippen molar-refractivity contribution in [2.75, 3.05) is 0 Å². The molecule has 7 heteroatoms. The van der Waals surface area contributed by atoms with E-state index in [4.69, 9.17) is 0 Å². The number of aromatic nitrogens is 2. The molecular formula is C15H11N3O4. The molecule has 2 aromatic carbocycles. The molecule has 22 heavy (non-hydrogen) atoms. The Balaban J connectivity index is 2.05. The van der Waals surface area contributed by atoms with E-state index in [1.54, 1.807) is 24.3 Å². The first-order valence-electron chi connectivity index (χ1n) is 6.51. The normalized spacial score (nSPS) is 10.7. The van der Waals surface area contributed by atoms with Crippen molar-refractivity contribution in [3.63, 3.8) is 0 Å². The first kappa shape index (κ1) is 13.7. The van der Waals surface area contributed by atoms with Crippen LogP contribution < -0.4 is 11.2 Å². The molecule has 0 saturated heterocycles. The fourth-order valence-corrected chi connectivity index (χ4v) is 2.25. The SMILES string of the molecule is O=c1[nH]c2ccccc2c(=O)n1Cc1ccc([N+](=O)[O-])cc1. The largest absolute Gasteiger partial charge is 0.329 e. The monoisotopic (exact) mass is 297 g/mol. The lowest BCUT2D eigenvalue weighted by molar-refractivity contribution is -0.384. The Labute approximate surface area is 123 Å². The van der Waals surface area contributed by atoms with Crippen LogP contribution in [0.15, 0.2) is 58.1 Å². The van der Waals surface area contributed by atoms with Crippen LogP contribution >= 0.6 is 0 Å². The maximum absolute atomic E-state index is 12.4. The van der Waals surface area contributed by atoms with Crippen LogP contribution in [0.25, 0.3) is 10.9 Å². The van der Waals surface area contributed by atoms with E-state index in [0.29, 0.717) is 16.5 Å². The Kier molecular flexibility index (Phi) is 3.30. The standard InChI is InChI=1S/C15H11N3O4/c19-14-12-3-1-2-4-13(12)16-15(20)17(14)9-10-5-7-11(8-6-10)18(21)22/h1-8H,9H2,(H,16,20). The van der Waals surface area contributed by atoms with E-state index in [2.05, 4.69) is 4.98 Å². The van der Waals surface area contributed by atoms with Crippen molar-refractivity contribution < 1.29 is 4.92 Å². The van der Waals surface area contributed by atoms with Gasteiger partial charge in [-0.1, -0.05) is 24.3 Å². The lowest BCUT2D eigenvalue weighted by Crippen LogP contribution is -2.35. The fraction of sp³-hybridized carbons (Fsp3) is 0.0667. The number of nitro groups is 1. The number of hydrogen-bond donors (Lipinski definition) is 1. The second-order valence-electron chi connectivity index (χ2n) is 4.79. The number of hydrogen-bond acceptors (Lipinski definition) is 4. The van der Waals surface area contributed by atoms with E-state index in [0.717, 1.165) is 4.57 Å². The van der Waals surface area contributed by atoms with Crippen LogP contribution in [0, 0.1) is 10.1 Å². The number of nitro benzene ring substituents is 1. The Morgan fingerprint density at radius 1 is 1.05 bits per heavy atom. The quantitative estimate of drug-likeness (QED) is 0.587. The predicted octanol–water partition coefficient (Wildman–Crippen LogP) is 1.65. The van der Waals surface area contributed by atoms with Crippen molar-refractivity contribution in [2.24, 2.45) is 0 Å². The van der Waals surface area contributed by atoms with Crippen LogP contribution in [0.3, 0.4) is 0 Å². The van der Waals surface area contributed by atoms with Crippen LogP contribution in [0.1, 0.15) is 5.56 Å². The minimum Gasteiger partial charge on any atom is -0.307 e. The van der Waals surface area contributed by atoms with E-state index in [1.165, 1.54) is 24.3 Å². The molecule has 110 valence electrons. The minimum absolute atomic E-state index is 0.0384. The van der Waals surface area contributed by atoms with Crippen molar-refractivity contribution in [3.05, 3.63) is 85.0 Å². The van der Waals surface area contributed by atoms with Gasteiger partial charge in [0.25, 0.3) is 11.2 Å². The maximum atomic E-state index is 12.4. The van der Waals surface area contributed by atoms with Gasteiger partial charge in [-0.3, -0.25) is 19.5 Å². The maximum Gasteiger partial charge on any atom is 0.329 e. The molecule has 0 spiro atoms. The number of fused-ring (bicyclic) bond motifs is 1. The van der Waals surface area contributed by atoms with Gasteiger partial charge in [0.15, 0.2) is 0 Å². The molecule has 0 bridgehead atoms. The molecule has 0 aliphatic heterocycles. The number of non-ortho nitro benzene ring substituents is 1. The molecule has 1 heterocycles. The average molecular weight is 297 g/mol. The zero-order valence-electron chi connectivity index (χ0n) is 11.4. The topological polar surface area (TPSA) is 98.0 Å². The van der Waals surface area contributed by atoms with Crippen molar-refractivity contribution in [3.8, 4) is 0 Å². The highest BCUT2D eigenvalue weighted by Crippen LogP contribution is 2.12. The van der Waals surface area contributed by atoms with Gasteiger partial charge in [-0.15, -0.1) is 0 Å². The molecule has 0 aliphatic rings. The Morgan fingerprint density at radius 3 is 2.41 bits per heavy atom. The second-order valence-corrected chi connectivity index (χ2v) is 4.79. The van der Waals surface area contributed by atoms with Gasteiger partial charge in [0.1, 0.15) is 0 Å². The summed E-state index contributed by atoms with van der Waals surface area (Å²) < 4.78 is 1.07. The van der Waals surface area contributed by atoms with Gasteiger partial charge in [0, 0.05) is 12.1 Å². The van der Waals surface area contributed by atoms with Gasteiger partial charge in [-0.2, -0.15) is 0 Å². The number of para-hydroxylation sites is 1. The molecule has 0 aliphatic carbocycles. The summed E-state index contributed by atoms with van der Waals surface area (Å²) in [7, 11) is 0. The molecule has 0 amide bonds. The molecule has 1 N–H and O–H groups in total. The Bertz CT molecular complexity index is 970. The van der Waals surface area contributed by atoms with Gasteiger partial charge in [-0.25, -0.2) is 4.79 Å². The zero-order chi connectivity index (χ0) is 15.7. The summed E-state index contributed by atoms with van der Waals surface area (Å²) in [4.78, 5) is 37.2. The third-order valence-electron chi connectivity index (χ3n) is 3.38. The summed E-state index contributed by atoms with van der Waals surface area (Å²) in [6.07, 6.45) is 0. The van der Waals surface area contributed by atoms with E-state index >= 15 is 0 Å². The second kappa shape index (κ2) is 5.28. The minimum atomic E-state index is -0.512. The number of H-pyrrole nitrogens is 1. The van der Waals surface area contributed by atoms with Crippen molar-refractivity contribution in [1.29, 1.82) is 0 Å². The van der Waals surface area contributed by atoms with Gasteiger partial charge in [0.2, 0.25) is 0 Å². The van der Waals surface area contributed by atoms with Gasteiger partial charge < -0.3 is 4.98 Å². The predicted molar refractivity (Wildman–Crippen MR) is 81.0 cm³/mol. The molecule has 3 aromatic rings. The average Bonchev–Trinajstić information content (AvgIpc) is 2.52. The molecule has 0 fully saturated rings. The summed E-state index contributed by atoms with van der Waals surface area (Å²) >= 11 is 0. The molecule has 7 nitrogen and oxygen atoms in total. The zero-order valence-corrected chi connectivity index (χ0v) is 11.4. The highest BCUT2D eigenvalue weighted by Gasteiger charge is 2.09. The number of benzene rings is 2. The van der Waals surface area contributed by atoms with Gasteiger partial charge in [0.05, 0.1) is 22.4 Å². The van der Waals surface area contributed by atoms with E-state index in [-0.39, 0.29) is 12.2 Å². The Morgan fingerprint density at radius 2 is 1.73 bits per heavy atom. The van der Waals surface area contributed by atoms with Gasteiger partial charge >= 0.3 is 5.69 Å². The smallest absolute Gasteiger partial charge is 0.307 e. The third-order valence-corrected chi connectivity index (χ3v) is 3.38. The fourth-order valence-electron chi connectivity index (χ4n) is 2.25. The summed E-state index contributed by atoms with van der Waals surface area (Å²) in [5.74, 6) is 0. The van der Waals surface area contributed by atoms with Crippen LogP contribution in [-0.4, -0.2) is 14.5 Å². The number of rotatable bonds is 3. The molecule has 1 aromatic heterocycles. The van der Waals surface area contributed by atoms with E-state index < -0.39 is 16.2 Å². The third kappa shape index (κ3) is 2.39. The highest BCUT2D eigenvalue weighted by molar-refractivity contribution is 5.76. The van der Waals surface area contributed by atoms with Gasteiger partial charge in [-0.05, 0) is 17.7 Å². The van der Waals surface area contributed by atoms with E-state index in [9.17, 15) is 19.7 Å². The van der Waals surface area contributed by atoms with Crippen molar-refractivity contribution in [1.82, 2.24) is 9.55 Å². The summed E-state index contributed by atoms with van der Waals surface area (Å²) in [5.41, 5.74) is 0.175. The lowest BCUT2D eigenvalue weighted by atomic mass is 10.2. The summed E-state index contributed by atoms with van der Waals surface area (Å²) in [6.45, 7) is 0.0526.